The number of benzene rings is 1. The molecule has 0 saturated heterocycles. The first-order valence-electron chi connectivity index (χ1n) is 5.43. The van der Waals surface area contributed by atoms with Gasteiger partial charge in [0.05, 0.1) is 6.61 Å². The number of halogens is 2. The van der Waals surface area contributed by atoms with E-state index in [0.29, 0.717) is 18.4 Å². The minimum Gasteiger partial charge on any atom is -0.478 e. The monoisotopic (exact) mass is 242 g/mol. The summed E-state index contributed by atoms with van der Waals surface area (Å²) in [7, 11) is 0. The molecule has 92 valence electrons. The molecule has 1 aromatic carbocycles. The number of rotatable bonds is 2. The number of ether oxygens (including phenoxy) is 2. The number of esters is 1. The Morgan fingerprint density at radius 1 is 1.53 bits per heavy atom. The summed E-state index contributed by atoms with van der Waals surface area (Å²) in [6, 6.07) is 1.90. The first-order valence-corrected chi connectivity index (χ1v) is 5.43. The molecular formula is C12H12F2O3. The number of fused-ring (bicyclic) bond motifs is 1. The molecule has 0 saturated carbocycles. The van der Waals surface area contributed by atoms with Crippen LogP contribution in [0.25, 0.3) is 0 Å². The summed E-state index contributed by atoms with van der Waals surface area (Å²) < 4.78 is 36.4. The van der Waals surface area contributed by atoms with Crippen molar-refractivity contribution in [3.8, 4) is 5.75 Å². The van der Waals surface area contributed by atoms with Gasteiger partial charge in [-0.25, -0.2) is 13.6 Å². The number of hydrogen-bond acceptors (Lipinski definition) is 3. The smallest absolute Gasteiger partial charge is 0.347 e. The van der Waals surface area contributed by atoms with Crippen LogP contribution in [-0.4, -0.2) is 18.7 Å². The second kappa shape index (κ2) is 4.69. The molecule has 1 unspecified atom stereocenters. The van der Waals surface area contributed by atoms with Gasteiger partial charge in [0.25, 0.3) is 0 Å². The lowest BCUT2D eigenvalue weighted by Crippen LogP contribution is -2.33. The largest absolute Gasteiger partial charge is 0.478 e. The van der Waals surface area contributed by atoms with E-state index in [1.165, 1.54) is 0 Å². The Morgan fingerprint density at radius 2 is 2.29 bits per heavy atom. The molecule has 5 heteroatoms. The summed E-state index contributed by atoms with van der Waals surface area (Å²) in [5, 5.41) is 0. The van der Waals surface area contributed by atoms with Crippen LogP contribution in [0.3, 0.4) is 0 Å². The van der Waals surface area contributed by atoms with Gasteiger partial charge >= 0.3 is 5.97 Å². The van der Waals surface area contributed by atoms with Gasteiger partial charge in [-0.05, 0) is 19.8 Å². The second-order valence-corrected chi connectivity index (χ2v) is 3.76. The molecule has 1 heterocycles. The molecule has 1 aliphatic rings. The topological polar surface area (TPSA) is 35.5 Å². The maximum atomic E-state index is 13.4. The second-order valence-electron chi connectivity index (χ2n) is 3.76. The van der Waals surface area contributed by atoms with E-state index in [1.807, 2.05) is 0 Å². The van der Waals surface area contributed by atoms with Gasteiger partial charge in [-0.15, -0.1) is 0 Å². The third-order valence-corrected chi connectivity index (χ3v) is 2.59. The summed E-state index contributed by atoms with van der Waals surface area (Å²) in [4.78, 5) is 11.4. The molecule has 2 rings (SSSR count). The van der Waals surface area contributed by atoms with E-state index in [4.69, 9.17) is 9.47 Å². The van der Waals surface area contributed by atoms with Crippen molar-refractivity contribution in [1.29, 1.82) is 0 Å². The summed E-state index contributed by atoms with van der Waals surface area (Å²) in [6.07, 6.45) is -0.0945. The molecule has 0 bridgehead atoms. The van der Waals surface area contributed by atoms with Gasteiger partial charge < -0.3 is 9.47 Å². The van der Waals surface area contributed by atoms with Crippen LogP contribution in [-0.2, 0) is 16.0 Å². The van der Waals surface area contributed by atoms with Gasteiger partial charge in [-0.2, -0.15) is 0 Å². The zero-order valence-electron chi connectivity index (χ0n) is 9.33. The molecule has 17 heavy (non-hydrogen) atoms. The number of hydrogen-bond donors (Lipinski definition) is 0. The minimum absolute atomic E-state index is 0.0896. The normalized spacial score (nSPS) is 18.2. The number of carbonyl (C=O) groups excluding carboxylic acids is 1. The summed E-state index contributed by atoms with van der Waals surface area (Å²) >= 11 is 0. The molecular weight excluding hydrogens is 230 g/mol. The fraction of sp³-hybridized carbons (Fsp3) is 0.417. The summed E-state index contributed by atoms with van der Waals surface area (Å²) in [5.74, 6) is -1.76. The maximum absolute atomic E-state index is 13.4. The molecule has 0 amide bonds. The predicted molar refractivity (Wildman–Crippen MR) is 55.7 cm³/mol. The Labute approximate surface area is 97.3 Å². The molecule has 1 aromatic rings. The van der Waals surface area contributed by atoms with Crippen LogP contribution in [0.5, 0.6) is 5.75 Å². The summed E-state index contributed by atoms with van der Waals surface area (Å²) in [6.45, 7) is 1.94. The zero-order valence-corrected chi connectivity index (χ0v) is 9.33. The third kappa shape index (κ3) is 2.38. The van der Waals surface area contributed by atoms with E-state index in [1.54, 1.807) is 6.92 Å². The quantitative estimate of drug-likeness (QED) is 0.746. The van der Waals surface area contributed by atoms with E-state index in [-0.39, 0.29) is 12.4 Å². The minimum atomic E-state index is -0.774. The van der Waals surface area contributed by atoms with Gasteiger partial charge in [0.15, 0.2) is 6.10 Å². The highest BCUT2D eigenvalue weighted by Gasteiger charge is 2.29. The van der Waals surface area contributed by atoms with Crippen molar-refractivity contribution in [2.75, 3.05) is 6.61 Å². The van der Waals surface area contributed by atoms with E-state index >= 15 is 0 Å². The van der Waals surface area contributed by atoms with E-state index in [2.05, 4.69) is 0 Å². The predicted octanol–water partition coefficient (Wildman–Crippen LogP) is 2.22. The van der Waals surface area contributed by atoms with E-state index < -0.39 is 23.7 Å². The van der Waals surface area contributed by atoms with Gasteiger partial charge in [0.1, 0.15) is 17.4 Å². The average molecular weight is 242 g/mol. The lowest BCUT2D eigenvalue weighted by Gasteiger charge is -2.24. The van der Waals surface area contributed by atoms with Crippen molar-refractivity contribution in [1.82, 2.24) is 0 Å². The van der Waals surface area contributed by atoms with Crippen molar-refractivity contribution < 1.29 is 23.0 Å². The molecule has 1 aliphatic heterocycles. The lowest BCUT2D eigenvalue weighted by molar-refractivity contribution is -0.152. The van der Waals surface area contributed by atoms with Crippen molar-refractivity contribution >= 4 is 5.97 Å². The average Bonchev–Trinajstić information content (AvgIpc) is 2.28. The highest BCUT2D eigenvalue weighted by molar-refractivity contribution is 5.75. The molecule has 0 spiro atoms. The SMILES string of the molecule is CCOC(=O)C1CCc2c(F)cc(F)cc2O1. The molecule has 0 aliphatic carbocycles. The number of carbonyl (C=O) groups is 1. The molecule has 0 N–H and O–H groups in total. The Bertz CT molecular complexity index is 446. The molecule has 0 radical (unpaired) electrons. The first kappa shape index (κ1) is 11.8. The van der Waals surface area contributed by atoms with Gasteiger partial charge in [0, 0.05) is 17.7 Å². The van der Waals surface area contributed by atoms with Gasteiger partial charge in [-0.1, -0.05) is 0 Å². The van der Waals surface area contributed by atoms with Crippen LogP contribution >= 0.6 is 0 Å². The highest BCUT2D eigenvalue weighted by atomic mass is 19.1. The van der Waals surface area contributed by atoms with Crippen LogP contribution in [0, 0.1) is 11.6 Å². The molecule has 3 nitrogen and oxygen atoms in total. The first-order chi connectivity index (χ1) is 8.11. The van der Waals surface area contributed by atoms with Gasteiger partial charge in [-0.3, -0.25) is 0 Å². The van der Waals surface area contributed by atoms with Gasteiger partial charge in [0.2, 0.25) is 0 Å². The Morgan fingerprint density at radius 3 is 3.00 bits per heavy atom. The van der Waals surface area contributed by atoms with Crippen molar-refractivity contribution in [2.24, 2.45) is 0 Å². The van der Waals surface area contributed by atoms with Crippen LogP contribution in [0.1, 0.15) is 18.9 Å². The maximum Gasteiger partial charge on any atom is 0.347 e. The lowest BCUT2D eigenvalue weighted by atomic mass is 10.0. The molecule has 0 fully saturated rings. The van der Waals surface area contributed by atoms with Crippen LogP contribution in [0.4, 0.5) is 8.78 Å². The highest BCUT2D eigenvalue weighted by Crippen LogP contribution is 2.31. The Balaban J connectivity index is 2.21. The summed E-state index contributed by atoms with van der Waals surface area (Å²) in [5.41, 5.74) is 0.312. The fourth-order valence-corrected chi connectivity index (χ4v) is 1.82. The standard InChI is InChI=1S/C12H12F2O3/c1-2-16-12(15)10-4-3-8-9(14)5-7(13)6-11(8)17-10/h5-6,10H,2-4H2,1H3. The molecule has 0 aromatic heterocycles. The third-order valence-electron chi connectivity index (χ3n) is 2.59. The van der Waals surface area contributed by atoms with Crippen LogP contribution in [0.2, 0.25) is 0 Å². The van der Waals surface area contributed by atoms with E-state index in [9.17, 15) is 13.6 Å². The van der Waals surface area contributed by atoms with Crippen LogP contribution < -0.4 is 4.74 Å². The van der Waals surface area contributed by atoms with E-state index in [0.717, 1.165) is 12.1 Å². The van der Waals surface area contributed by atoms with Crippen molar-refractivity contribution in [3.63, 3.8) is 0 Å². The molecule has 1 atom stereocenters. The Hall–Kier alpha value is -1.65. The van der Waals surface area contributed by atoms with Crippen LogP contribution in [0.15, 0.2) is 12.1 Å². The van der Waals surface area contributed by atoms with Crippen molar-refractivity contribution in [2.45, 2.75) is 25.9 Å². The van der Waals surface area contributed by atoms with Crippen molar-refractivity contribution in [3.05, 3.63) is 29.3 Å². The Kier molecular flexibility index (Phi) is 3.26. The zero-order chi connectivity index (χ0) is 12.4. The fourth-order valence-electron chi connectivity index (χ4n) is 1.82.